The number of carbonyl (C=O) groups excluding carboxylic acids is 2. The van der Waals surface area contributed by atoms with Crippen LogP contribution >= 0.6 is 0 Å². The Bertz CT molecular complexity index is 879. The number of rotatable bonds is 9. The minimum absolute atomic E-state index is 0.117. The van der Waals surface area contributed by atoms with Gasteiger partial charge in [-0.2, -0.15) is 0 Å². The van der Waals surface area contributed by atoms with Crippen molar-refractivity contribution in [2.24, 2.45) is 4.99 Å². The zero-order valence-electron chi connectivity index (χ0n) is 16.1. The molecule has 0 aromatic heterocycles. The van der Waals surface area contributed by atoms with E-state index < -0.39 is 0 Å². The van der Waals surface area contributed by atoms with Gasteiger partial charge < -0.3 is 19.2 Å². The van der Waals surface area contributed by atoms with Crippen molar-refractivity contribution in [2.45, 2.75) is 32.2 Å². The number of amides is 1. The molecule has 0 aliphatic carbocycles. The molecule has 28 heavy (non-hydrogen) atoms. The van der Waals surface area contributed by atoms with Crippen LogP contribution in [0.5, 0.6) is 11.5 Å². The Morgan fingerprint density at radius 1 is 1.21 bits per heavy atom. The minimum Gasteiger partial charge on any atom is -0.493 e. The van der Waals surface area contributed by atoms with Crippen molar-refractivity contribution in [3.05, 3.63) is 47.5 Å². The molecule has 0 bridgehead atoms. The minimum atomic E-state index is -0.117. The topological polar surface area (TPSA) is 68.2 Å². The number of hydrogen-bond donors (Lipinski definition) is 0. The highest BCUT2D eigenvalue weighted by molar-refractivity contribution is 5.90. The van der Waals surface area contributed by atoms with Crippen molar-refractivity contribution in [1.29, 1.82) is 0 Å². The lowest BCUT2D eigenvalue weighted by Gasteiger charge is -2.17. The molecule has 146 valence electrons. The van der Waals surface area contributed by atoms with E-state index >= 15 is 0 Å². The molecule has 6 nitrogen and oxygen atoms in total. The summed E-state index contributed by atoms with van der Waals surface area (Å²) in [5, 5.41) is 0. The molecule has 1 aliphatic rings. The number of ether oxygens (including phenoxy) is 2. The first-order valence-electron chi connectivity index (χ1n) is 9.28. The van der Waals surface area contributed by atoms with E-state index in [4.69, 9.17) is 9.47 Å². The van der Waals surface area contributed by atoms with Gasteiger partial charge in [-0.05, 0) is 36.6 Å². The van der Waals surface area contributed by atoms with Crippen molar-refractivity contribution < 1.29 is 19.1 Å². The van der Waals surface area contributed by atoms with Gasteiger partial charge in [0.05, 0.1) is 25.4 Å². The van der Waals surface area contributed by atoms with Crippen molar-refractivity contribution >= 4 is 30.3 Å². The summed E-state index contributed by atoms with van der Waals surface area (Å²) in [6.45, 7) is 2.38. The van der Waals surface area contributed by atoms with Crippen molar-refractivity contribution in [3.63, 3.8) is 0 Å². The predicted octanol–water partition coefficient (Wildman–Crippen LogP) is 3.65. The van der Waals surface area contributed by atoms with Crippen molar-refractivity contribution in [1.82, 2.24) is 0 Å². The van der Waals surface area contributed by atoms with Crippen LogP contribution in [0.1, 0.15) is 24.0 Å². The summed E-state index contributed by atoms with van der Waals surface area (Å²) >= 11 is 0. The van der Waals surface area contributed by atoms with Crippen LogP contribution in [-0.2, 0) is 16.0 Å². The average Bonchev–Trinajstić information content (AvgIpc) is 3.08. The highest BCUT2D eigenvalue weighted by Gasteiger charge is 2.27. The van der Waals surface area contributed by atoms with E-state index in [2.05, 4.69) is 4.99 Å². The van der Waals surface area contributed by atoms with E-state index in [1.807, 2.05) is 43.3 Å². The van der Waals surface area contributed by atoms with Gasteiger partial charge >= 0.3 is 0 Å². The molecule has 0 N–H and O–H groups in total. The second-order valence-corrected chi connectivity index (χ2v) is 6.64. The smallest absolute Gasteiger partial charge is 0.214 e. The number of fused-ring (bicyclic) bond motifs is 1. The molecule has 3 rings (SSSR count). The number of aliphatic imine (C=N–C) groups is 1. The lowest BCUT2D eigenvalue weighted by Crippen LogP contribution is -2.31. The van der Waals surface area contributed by atoms with Gasteiger partial charge in [0.1, 0.15) is 6.29 Å². The van der Waals surface area contributed by atoms with Crippen LogP contribution < -0.4 is 14.4 Å². The van der Waals surface area contributed by atoms with Crippen LogP contribution in [0.15, 0.2) is 41.4 Å². The fourth-order valence-electron chi connectivity index (χ4n) is 3.27. The van der Waals surface area contributed by atoms with Gasteiger partial charge in [-0.25, -0.2) is 0 Å². The third-order valence-electron chi connectivity index (χ3n) is 4.76. The van der Waals surface area contributed by atoms with E-state index in [1.54, 1.807) is 18.2 Å². The van der Waals surface area contributed by atoms with Crippen LogP contribution in [0.4, 0.5) is 11.4 Å². The highest BCUT2D eigenvalue weighted by Crippen LogP contribution is 2.35. The van der Waals surface area contributed by atoms with Crippen molar-refractivity contribution in [2.75, 3.05) is 18.6 Å². The van der Waals surface area contributed by atoms with Gasteiger partial charge in [0.15, 0.2) is 11.5 Å². The quantitative estimate of drug-likeness (QED) is 0.378. The zero-order chi connectivity index (χ0) is 19.9. The summed E-state index contributed by atoms with van der Waals surface area (Å²) in [6.07, 6.45) is 5.38. The average molecular weight is 380 g/mol. The van der Waals surface area contributed by atoms with Gasteiger partial charge in [-0.15, -0.1) is 0 Å². The molecule has 2 aromatic carbocycles. The molecular formula is C22H24N2O4. The van der Waals surface area contributed by atoms with Gasteiger partial charge in [0.25, 0.3) is 0 Å². The molecule has 0 saturated heterocycles. The first-order valence-corrected chi connectivity index (χ1v) is 9.28. The van der Waals surface area contributed by atoms with E-state index in [0.29, 0.717) is 30.9 Å². The number of hydrogen-bond acceptors (Lipinski definition) is 5. The standard InChI is InChI=1S/C22H24N2O4/c1-16-11-21(27-2)22(28-10-6-5-9-25)13-19(16)23-14-18-12-17-7-3-4-8-20(17)24(18)15-26/h3-4,7-9,11,13-15,18H,5-6,10,12H2,1-2H3/b23-14-. The summed E-state index contributed by atoms with van der Waals surface area (Å²) in [7, 11) is 1.59. The first-order chi connectivity index (χ1) is 13.7. The normalized spacial score (nSPS) is 15.5. The number of para-hydroxylation sites is 1. The number of benzene rings is 2. The first kappa shape index (κ1) is 19.6. The molecule has 0 saturated carbocycles. The van der Waals surface area contributed by atoms with Crippen molar-refractivity contribution in [3.8, 4) is 11.5 Å². The Morgan fingerprint density at radius 2 is 2.04 bits per heavy atom. The Balaban J connectivity index is 1.79. The summed E-state index contributed by atoms with van der Waals surface area (Å²) in [4.78, 5) is 28.4. The summed E-state index contributed by atoms with van der Waals surface area (Å²) < 4.78 is 11.2. The van der Waals surface area contributed by atoms with Gasteiger partial charge in [-0.1, -0.05) is 18.2 Å². The Labute approximate surface area is 164 Å². The van der Waals surface area contributed by atoms with Crippen LogP contribution in [0.2, 0.25) is 0 Å². The van der Waals surface area contributed by atoms with Gasteiger partial charge in [0.2, 0.25) is 6.41 Å². The Kier molecular flexibility index (Phi) is 6.42. The van der Waals surface area contributed by atoms with E-state index in [9.17, 15) is 9.59 Å². The molecule has 1 amide bonds. The second kappa shape index (κ2) is 9.17. The SMILES string of the molecule is COc1cc(C)c(/N=C\C2Cc3ccccc3N2C=O)cc1OCCCC=O. The van der Waals surface area contributed by atoms with Crippen LogP contribution in [0.3, 0.4) is 0 Å². The maximum atomic E-state index is 11.6. The predicted molar refractivity (Wildman–Crippen MR) is 109 cm³/mol. The lowest BCUT2D eigenvalue weighted by molar-refractivity contribution is -0.108. The third-order valence-corrected chi connectivity index (χ3v) is 4.76. The summed E-state index contributed by atoms with van der Waals surface area (Å²) in [5.41, 5.74) is 3.77. The fraction of sp³-hybridized carbons (Fsp3) is 0.318. The Morgan fingerprint density at radius 3 is 2.79 bits per heavy atom. The van der Waals surface area contributed by atoms with E-state index in [0.717, 1.165) is 41.6 Å². The number of methoxy groups -OCH3 is 1. The molecule has 0 spiro atoms. The number of unbranched alkanes of at least 4 members (excludes halogenated alkanes) is 1. The van der Waals surface area contributed by atoms with Gasteiger partial charge in [-0.3, -0.25) is 9.79 Å². The largest absolute Gasteiger partial charge is 0.493 e. The second-order valence-electron chi connectivity index (χ2n) is 6.64. The maximum absolute atomic E-state index is 11.6. The van der Waals surface area contributed by atoms with Crippen LogP contribution in [-0.4, -0.2) is 38.7 Å². The molecule has 0 radical (unpaired) electrons. The molecule has 1 atom stereocenters. The lowest BCUT2D eigenvalue weighted by atomic mass is 10.1. The fourth-order valence-corrected chi connectivity index (χ4v) is 3.27. The molecule has 1 unspecified atom stereocenters. The third kappa shape index (κ3) is 4.22. The molecular weight excluding hydrogens is 356 g/mol. The molecule has 2 aromatic rings. The maximum Gasteiger partial charge on any atom is 0.214 e. The van der Waals surface area contributed by atoms with E-state index in [-0.39, 0.29) is 6.04 Å². The monoisotopic (exact) mass is 380 g/mol. The molecule has 1 aliphatic heterocycles. The highest BCUT2D eigenvalue weighted by atomic mass is 16.5. The van der Waals surface area contributed by atoms with Gasteiger partial charge in [0, 0.05) is 30.8 Å². The summed E-state index contributed by atoms with van der Waals surface area (Å²) in [6, 6.07) is 11.5. The molecule has 1 heterocycles. The molecule has 6 heteroatoms. The number of aldehydes is 1. The number of carbonyl (C=O) groups is 2. The number of aryl methyl sites for hydroxylation is 1. The van der Waals surface area contributed by atoms with Crippen LogP contribution in [0, 0.1) is 6.92 Å². The van der Waals surface area contributed by atoms with E-state index in [1.165, 1.54) is 0 Å². The van der Waals surface area contributed by atoms with Crippen LogP contribution in [0.25, 0.3) is 0 Å². The number of anilines is 1. The molecule has 0 fully saturated rings. The number of nitrogens with zero attached hydrogens (tertiary/aromatic N) is 2. The zero-order valence-corrected chi connectivity index (χ0v) is 16.1. The summed E-state index contributed by atoms with van der Waals surface area (Å²) in [5.74, 6) is 1.22. The Hall–Kier alpha value is -3.15.